The van der Waals surface area contributed by atoms with Crippen LogP contribution in [-0.4, -0.2) is 92.4 Å². The van der Waals surface area contributed by atoms with E-state index in [4.69, 9.17) is 14.2 Å². The Hall–Kier alpha value is -4.34. The van der Waals surface area contributed by atoms with Crippen LogP contribution in [0, 0.1) is 0 Å². The fourth-order valence-electron chi connectivity index (χ4n) is 4.61. The number of methoxy groups -OCH3 is 3. The first kappa shape index (κ1) is 28.7. The van der Waals surface area contributed by atoms with Gasteiger partial charge in [0.1, 0.15) is 12.3 Å². The molecule has 0 bridgehead atoms. The number of ether oxygens (including phenoxy) is 3. The molecule has 0 aliphatic carbocycles. The maximum atomic E-state index is 13.2. The molecule has 2 amide bonds. The number of amides is 2. The van der Waals surface area contributed by atoms with Gasteiger partial charge in [-0.1, -0.05) is 13.3 Å². The van der Waals surface area contributed by atoms with Gasteiger partial charge < -0.3 is 28.9 Å². The monoisotopic (exact) mass is 547 g/mol. The molecule has 40 heavy (non-hydrogen) atoms. The van der Waals surface area contributed by atoms with Crippen molar-refractivity contribution >= 4 is 17.6 Å². The summed E-state index contributed by atoms with van der Waals surface area (Å²) in [6.07, 6.45) is 1.77. The molecule has 1 fully saturated rings. The third-order valence-electron chi connectivity index (χ3n) is 7.02. The fourth-order valence-corrected chi connectivity index (χ4v) is 4.61. The molecule has 10 heteroatoms. The second-order valence-electron chi connectivity index (χ2n) is 9.52. The number of unbranched alkanes of at least 4 members (excludes halogenated alkanes) is 1. The number of nitrogens with zero attached hydrogens (tertiary/aromatic N) is 5. The highest BCUT2D eigenvalue weighted by Gasteiger charge is 2.26. The van der Waals surface area contributed by atoms with Crippen LogP contribution in [0.25, 0.3) is 11.3 Å². The highest BCUT2D eigenvalue weighted by atomic mass is 16.5. The van der Waals surface area contributed by atoms with E-state index in [1.165, 1.54) is 0 Å². The van der Waals surface area contributed by atoms with Gasteiger partial charge in [0.2, 0.25) is 5.91 Å². The molecule has 1 saturated heterocycles. The van der Waals surface area contributed by atoms with Crippen LogP contribution in [0.15, 0.2) is 54.6 Å². The van der Waals surface area contributed by atoms with Crippen LogP contribution < -0.4 is 19.1 Å². The van der Waals surface area contributed by atoms with Crippen molar-refractivity contribution in [3.8, 4) is 28.5 Å². The number of hydrogen-bond donors (Lipinski definition) is 0. The van der Waals surface area contributed by atoms with E-state index in [0.29, 0.717) is 55.5 Å². The molecule has 212 valence electrons. The predicted octanol–water partition coefficient (Wildman–Crippen LogP) is 3.76. The summed E-state index contributed by atoms with van der Waals surface area (Å²) >= 11 is 0. The van der Waals surface area contributed by atoms with E-state index in [2.05, 4.69) is 22.0 Å². The summed E-state index contributed by atoms with van der Waals surface area (Å²) in [5.41, 5.74) is 2.15. The third-order valence-corrected chi connectivity index (χ3v) is 7.02. The van der Waals surface area contributed by atoms with Gasteiger partial charge >= 0.3 is 0 Å². The molecule has 2 aromatic carbocycles. The Labute approximate surface area is 235 Å². The zero-order chi connectivity index (χ0) is 28.5. The van der Waals surface area contributed by atoms with Gasteiger partial charge in [-0.25, -0.2) is 0 Å². The number of benzene rings is 2. The Balaban J connectivity index is 1.35. The van der Waals surface area contributed by atoms with E-state index in [-0.39, 0.29) is 18.4 Å². The fraction of sp³-hybridized carbons (Fsp3) is 0.400. The Bertz CT molecular complexity index is 1270. The molecule has 4 rings (SSSR count). The molecular formula is C30H37N5O5. The van der Waals surface area contributed by atoms with Gasteiger partial charge in [0.25, 0.3) is 5.91 Å². The Kier molecular flexibility index (Phi) is 9.77. The summed E-state index contributed by atoms with van der Waals surface area (Å²) < 4.78 is 15.9. The quantitative estimate of drug-likeness (QED) is 0.358. The van der Waals surface area contributed by atoms with Crippen molar-refractivity contribution < 1.29 is 23.8 Å². The van der Waals surface area contributed by atoms with Crippen LogP contribution >= 0.6 is 0 Å². The zero-order valence-corrected chi connectivity index (χ0v) is 23.6. The number of rotatable bonds is 11. The number of aromatic nitrogens is 2. The Morgan fingerprint density at radius 2 is 1.57 bits per heavy atom. The highest BCUT2D eigenvalue weighted by Crippen LogP contribution is 2.31. The SMILES string of the molecule is CCCCN(CC(=O)N1CCN(c2ccc(-c3ccc(OC)c(OC)c3)nn2)CC1)C(=O)c1ccc(OC)cc1. The van der Waals surface area contributed by atoms with Gasteiger partial charge in [0, 0.05) is 43.9 Å². The van der Waals surface area contributed by atoms with E-state index in [9.17, 15) is 9.59 Å². The van der Waals surface area contributed by atoms with E-state index in [1.807, 2.05) is 35.2 Å². The molecule has 2 heterocycles. The summed E-state index contributed by atoms with van der Waals surface area (Å²) in [7, 11) is 4.79. The van der Waals surface area contributed by atoms with Gasteiger partial charge in [0.15, 0.2) is 17.3 Å². The van der Waals surface area contributed by atoms with Crippen LogP contribution in [0.5, 0.6) is 17.2 Å². The molecule has 0 spiro atoms. The molecule has 0 atom stereocenters. The van der Waals surface area contributed by atoms with Gasteiger partial charge in [-0.3, -0.25) is 9.59 Å². The minimum absolute atomic E-state index is 0.0486. The number of anilines is 1. The minimum Gasteiger partial charge on any atom is -0.497 e. The van der Waals surface area contributed by atoms with Crippen LogP contribution in [0.2, 0.25) is 0 Å². The van der Waals surface area contributed by atoms with Crippen LogP contribution in [-0.2, 0) is 4.79 Å². The van der Waals surface area contributed by atoms with Crippen LogP contribution in [0.1, 0.15) is 30.1 Å². The van der Waals surface area contributed by atoms with Gasteiger partial charge in [-0.15, -0.1) is 10.2 Å². The van der Waals surface area contributed by atoms with Crippen molar-refractivity contribution in [2.24, 2.45) is 0 Å². The summed E-state index contributed by atoms with van der Waals surface area (Å²) in [6, 6.07) is 16.5. The molecule has 1 aromatic heterocycles. The lowest BCUT2D eigenvalue weighted by atomic mass is 10.1. The van der Waals surface area contributed by atoms with Gasteiger partial charge in [-0.05, 0) is 61.0 Å². The van der Waals surface area contributed by atoms with E-state index in [0.717, 1.165) is 29.9 Å². The van der Waals surface area contributed by atoms with E-state index >= 15 is 0 Å². The summed E-state index contributed by atoms with van der Waals surface area (Å²) in [4.78, 5) is 32.0. The lowest BCUT2D eigenvalue weighted by molar-refractivity contribution is -0.132. The lowest BCUT2D eigenvalue weighted by Crippen LogP contribution is -2.52. The molecule has 0 unspecified atom stereocenters. The maximum Gasteiger partial charge on any atom is 0.254 e. The first-order valence-corrected chi connectivity index (χ1v) is 13.5. The van der Waals surface area contributed by atoms with Crippen molar-refractivity contribution in [1.29, 1.82) is 0 Å². The number of hydrogen-bond acceptors (Lipinski definition) is 8. The molecule has 0 N–H and O–H groups in total. The summed E-state index contributed by atoms with van der Waals surface area (Å²) in [5, 5.41) is 8.85. The normalized spacial score (nSPS) is 13.1. The smallest absolute Gasteiger partial charge is 0.254 e. The summed E-state index contributed by atoms with van der Waals surface area (Å²) in [5.74, 6) is 2.54. The first-order valence-electron chi connectivity index (χ1n) is 13.5. The number of piperazine rings is 1. The average molecular weight is 548 g/mol. The largest absolute Gasteiger partial charge is 0.497 e. The van der Waals surface area contributed by atoms with Crippen molar-refractivity contribution in [3.63, 3.8) is 0 Å². The Morgan fingerprint density at radius 3 is 2.17 bits per heavy atom. The summed E-state index contributed by atoms with van der Waals surface area (Å²) in [6.45, 7) is 5.04. The van der Waals surface area contributed by atoms with Gasteiger partial charge in [0.05, 0.1) is 27.0 Å². The van der Waals surface area contributed by atoms with Crippen molar-refractivity contribution in [2.45, 2.75) is 19.8 Å². The topological polar surface area (TPSA) is 97.3 Å². The maximum absolute atomic E-state index is 13.2. The lowest BCUT2D eigenvalue weighted by Gasteiger charge is -2.36. The van der Waals surface area contributed by atoms with Gasteiger partial charge in [-0.2, -0.15) is 0 Å². The molecule has 10 nitrogen and oxygen atoms in total. The first-order chi connectivity index (χ1) is 19.5. The van der Waals surface area contributed by atoms with E-state index < -0.39 is 0 Å². The number of carbonyl (C=O) groups excluding carboxylic acids is 2. The average Bonchev–Trinajstić information content (AvgIpc) is 3.02. The highest BCUT2D eigenvalue weighted by molar-refractivity contribution is 5.96. The second-order valence-corrected chi connectivity index (χ2v) is 9.52. The molecule has 0 radical (unpaired) electrons. The van der Waals surface area contributed by atoms with Crippen LogP contribution in [0.4, 0.5) is 5.82 Å². The third kappa shape index (κ3) is 6.80. The van der Waals surface area contributed by atoms with Crippen LogP contribution in [0.3, 0.4) is 0 Å². The molecule has 1 aliphatic rings. The zero-order valence-electron chi connectivity index (χ0n) is 23.6. The number of carbonyl (C=O) groups is 2. The van der Waals surface area contributed by atoms with Crippen molar-refractivity contribution in [1.82, 2.24) is 20.0 Å². The van der Waals surface area contributed by atoms with Crippen molar-refractivity contribution in [2.75, 3.05) is 65.5 Å². The molecule has 1 aliphatic heterocycles. The minimum atomic E-state index is -0.145. The van der Waals surface area contributed by atoms with Crippen molar-refractivity contribution in [3.05, 3.63) is 60.2 Å². The Morgan fingerprint density at radius 1 is 0.850 bits per heavy atom. The predicted molar refractivity (Wildman–Crippen MR) is 153 cm³/mol. The van der Waals surface area contributed by atoms with E-state index in [1.54, 1.807) is 50.5 Å². The molecule has 0 saturated carbocycles. The standard InChI is InChI=1S/C30H37N5O5/c1-5-6-15-35(30(37)22-7-10-24(38-2)11-8-22)21-29(36)34-18-16-33(17-19-34)28-14-12-25(31-32-28)23-9-13-26(39-3)27(20-23)40-4/h7-14,20H,5-6,15-19,21H2,1-4H3. The second kappa shape index (κ2) is 13.6. The molecule has 3 aromatic rings. The molecular weight excluding hydrogens is 510 g/mol.